The highest BCUT2D eigenvalue weighted by Gasteiger charge is 2.25. The summed E-state index contributed by atoms with van der Waals surface area (Å²) in [6.45, 7) is 3.14. The molecule has 0 spiro atoms. The summed E-state index contributed by atoms with van der Waals surface area (Å²) in [5.41, 5.74) is 3.27. The van der Waals surface area contributed by atoms with Gasteiger partial charge in [-0.25, -0.2) is 4.39 Å². The fraction of sp³-hybridized carbons (Fsp3) is 0.375. The first kappa shape index (κ1) is 13.6. The Labute approximate surface area is 122 Å². The fourth-order valence-corrected chi connectivity index (χ4v) is 3.13. The van der Waals surface area contributed by atoms with Gasteiger partial charge in [0.1, 0.15) is 11.5 Å². The van der Waals surface area contributed by atoms with E-state index < -0.39 is 0 Å². The summed E-state index contributed by atoms with van der Waals surface area (Å²) in [7, 11) is 0. The number of unbranched alkanes of at least 4 members (excludes halogenated alkanes) is 1. The van der Waals surface area contributed by atoms with Gasteiger partial charge in [-0.05, 0) is 43.0 Å². The molecule has 0 bridgehead atoms. The highest BCUT2D eigenvalue weighted by molar-refractivity contribution is 6.03. The molecule has 0 aliphatic carbocycles. The molecule has 3 rings (SSSR count). The molecular weight excluding hydrogens is 269 g/mol. The Kier molecular flexibility index (Phi) is 3.38. The van der Waals surface area contributed by atoms with Gasteiger partial charge in [0.2, 0.25) is 0 Å². The number of hydrogen-bond donors (Lipinski definition) is 1. The maximum absolute atomic E-state index is 13.9. The van der Waals surface area contributed by atoms with Crippen LogP contribution in [0.4, 0.5) is 4.39 Å². The standard InChI is InChI=1S/C16H16FN3O/c1-10-13-9-12(17)8-11(4-2-3-5-18)15(13)20-7-6-19-16(21)14(10)20/h8-9H,2-4,6-7H2,1H3,(H,19,21). The van der Waals surface area contributed by atoms with E-state index in [2.05, 4.69) is 11.4 Å². The van der Waals surface area contributed by atoms with E-state index in [0.29, 0.717) is 38.0 Å². The van der Waals surface area contributed by atoms with E-state index in [1.807, 2.05) is 11.5 Å². The molecule has 108 valence electrons. The number of aromatic nitrogens is 1. The minimum atomic E-state index is -0.291. The van der Waals surface area contributed by atoms with Gasteiger partial charge < -0.3 is 9.88 Å². The van der Waals surface area contributed by atoms with E-state index in [1.165, 1.54) is 12.1 Å². The van der Waals surface area contributed by atoms with Gasteiger partial charge in [0.15, 0.2) is 0 Å². The molecule has 0 saturated carbocycles. The lowest BCUT2D eigenvalue weighted by molar-refractivity contribution is 0.0928. The summed E-state index contributed by atoms with van der Waals surface area (Å²) in [6, 6.07) is 5.13. The van der Waals surface area contributed by atoms with E-state index in [1.54, 1.807) is 0 Å². The third-order valence-electron chi connectivity index (χ3n) is 4.02. The summed E-state index contributed by atoms with van der Waals surface area (Å²) in [4.78, 5) is 12.1. The largest absolute Gasteiger partial charge is 0.349 e. The Morgan fingerprint density at radius 3 is 3.05 bits per heavy atom. The number of amides is 1. The van der Waals surface area contributed by atoms with Crippen LogP contribution in [-0.2, 0) is 13.0 Å². The molecule has 2 heterocycles. The van der Waals surface area contributed by atoms with Gasteiger partial charge in [0.25, 0.3) is 5.91 Å². The predicted octanol–water partition coefficient (Wildman–Crippen LogP) is 2.68. The average Bonchev–Trinajstić information content (AvgIpc) is 2.74. The second-order valence-corrected chi connectivity index (χ2v) is 5.35. The van der Waals surface area contributed by atoms with Gasteiger partial charge >= 0.3 is 0 Å². The Bertz CT molecular complexity index is 770. The number of carbonyl (C=O) groups excluding carboxylic acids is 1. The average molecular weight is 285 g/mol. The van der Waals surface area contributed by atoms with Crippen LogP contribution in [0.5, 0.6) is 0 Å². The summed E-state index contributed by atoms with van der Waals surface area (Å²) < 4.78 is 15.9. The van der Waals surface area contributed by atoms with Gasteiger partial charge in [-0.15, -0.1) is 0 Å². The van der Waals surface area contributed by atoms with Gasteiger partial charge in [-0.2, -0.15) is 5.26 Å². The van der Waals surface area contributed by atoms with Gasteiger partial charge in [-0.1, -0.05) is 0 Å². The number of hydrogen-bond acceptors (Lipinski definition) is 2. The summed E-state index contributed by atoms with van der Waals surface area (Å²) >= 11 is 0. The maximum Gasteiger partial charge on any atom is 0.268 e. The second kappa shape index (κ2) is 5.21. The molecule has 5 heteroatoms. The van der Waals surface area contributed by atoms with E-state index in [0.717, 1.165) is 22.0 Å². The number of carbonyl (C=O) groups is 1. The number of fused-ring (bicyclic) bond motifs is 3. The topological polar surface area (TPSA) is 57.8 Å². The van der Waals surface area contributed by atoms with Gasteiger partial charge in [0, 0.05) is 24.9 Å². The van der Waals surface area contributed by atoms with Gasteiger partial charge in [0.05, 0.1) is 11.6 Å². The SMILES string of the molecule is Cc1c2n(c3c(CCCC#N)cc(F)cc13)CCNC2=O. The van der Waals surface area contributed by atoms with E-state index in [4.69, 9.17) is 5.26 Å². The van der Waals surface area contributed by atoms with Crippen molar-refractivity contribution in [2.75, 3.05) is 6.54 Å². The monoisotopic (exact) mass is 285 g/mol. The maximum atomic E-state index is 13.9. The van der Waals surface area contributed by atoms with Crippen LogP contribution in [-0.4, -0.2) is 17.0 Å². The zero-order chi connectivity index (χ0) is 15.0. The first-order valence-corrected chi connectivity index (χ1v) is 7.10. The number of rotatable bonds is 3. The quantitative estimate of drug-likeness (QED) is 0.881. The molecule has 1 aromatic heterocycles. The number of halogens is 1. The van der Waals surface area contributed by atoms with Crippen molar-refractivity contribution >= 4 is 16.8 Å². The molecule has 0 radical (unpaired) electrons. The van der Waals surface area contributed by atoms with Crippen molar-refractivity contribution in [3.05, 3.63) is 34.8 Å². The van der Waals surface area contributed by atoms with Crippen LogP contribution in [0.1, 0.15) is 34.5 Å². The molecule has 1 amide bonds. The molecule has 4 nitrogen and oxygen atoms in total. The molecule has 1 aliphatic rings. The summed E-state index contributed by atoms with van der Waals surface area (Å²) in [5, 5.41) is 12.3. The number of nitrogens with zero attached hydrogens (tertiary/aromatic N) is 2. The van der Waals surface area contributed by atoms with Crippen LogP contribution in [0.2, 0.25) is 0 Å². The Balaban J connectivity index is 2.21. The highest BCUT2D eigenvalue weighted by atomic mass is 19.1. The fourth-order valence-electron chi connectivity index (χ4n) is 3.13. The first-order valence-electron chi connectivity index (χ1n) is 7.10. The van der Waals surface area contributed by atoms with Crippen molar-refractivity contribution in [2.24, 2.45) is 0 Å². The molecule has 1 aromatic carbocycles. The highest BCUT2D eigenvalue weighted by Crippen LogP contribution is 2.31. The number of benzene rings is 1. The van der Waals surface area contributed by atoms with Crippen LogP contribution in [0.15, 0.2) is 12.1 Å². The molecular formula is C16H16FN3O. The number of aryl methyl sites for hydroxylation is 2. The van der Waals surface area contributed by atoms with Gasteiger partial charge in [-0.3, -0.25) is 4.79 Å². The molecule has 1 aliphatic heterocycles. The molecule has 0 saturated heterocycles. The lowest BCUT2D eigenvalue weighted by atomic mass is 10.0. The number of nitriles is 1. The number of nitrogens with one attached hydrogen (secondary N) is 1. The van der Waals surface area contributed by atoms with Crippen molar-refractivity contribution in [3.63, 3.8) is 0 Å². The van der Waals surface area contributed by atoms with Crippen molar-refractivity contribution in [3.8, 4) is 6.07 Å². The molecule has 2 aromatic rings. The Morgan fingerprint density at radius 2 is 2.29 bits per heavy atom. The minimum Gasteiger partial charge on any atom is -0.349 e. The normalized spacial score (nSPS) is 13.9. The zero-order valence-electron chi connectivity index (χ0n) is 11.9. The third kappa shape index (κ3) is 2.17. The van der Waals surface area contributed by atoms with Crippen LogP contribution in [0, 0.1) is 24.1 Å². The second-order valence-electron chi connectivity index (χ2n) is 5.35. The van der Waals surface area contributed by atoms with Crippen molar-refractivity contribution < 1.29 is 9.18 Å². The first-order chi connectivity index (χ1) is 10.1. The van der Waals surface area contributed by atoms with Crippen molar-refractivity contribution in [1.29, 1.82) is 5.26 Å². The molecule has 1 N–H and O–H groups in total. The van der Waals surface area contributed by atoms with Crippen LogP contribution < -0.4 is 5.32 Å². The lowest BCUT2D eigenvalue weighted by Gasteiger charge is -2.18. The predicted molar refractivity (Wildman–Crippen MR) is 77.5 cm³/mol. The van der Waals surface area contributed by atoms with E-state index in [-0.39, 0.29) is 11.7 Å². The minimum absolute atomic E-state index is 0.0988. The molecule has 0 unspecified atom stereocenters. The summed E-state index contributed by atoms with van der Waals surface area (Å²) in [6.07, 6.45) is 1.79. The van der Waals surface area contributed by atoms with Crippen LogP contribution in [0.3, 0.4) is 0 Å². The van der Waals surface area contributed by atoms with E-state index in [9.17, 15) is 9.18 Å². The lowest BCUT2D eigenvalue weighted by Crippen LogP contribution is -2.35. The van der Waals surface area contributed by atoms with E-state index >= 15 is 0 Å². The molecule has 0 fully saturated rings. The molecule has 21 heavy (non-hydrogen) atoms. The smallest absolute Gasteiger partial charge is 0.268 e. The van der Waals surface area contributed by atoms with Crippen LogP contribution in [0.25, 0.3) is 10.9 Å². The zero-order valence-corrected chi connectivity index (χ0v) is 11.9. The Morgan fingerprint density at radius 1 is 1.48 bits per heavy atom. The summed E-state index contributed by atoms with van der Waals surface area (Å²) in [5.74, 6) is -0.390. The van der Waals surface area contributed by atoms with Crippen molar-refractivity contribution in [1.82, 2.24) is 9.88 Å². The van der Waals surface area contributed by atoms with Crippen molar-refractivity contribution in [2.45, 2.75) is 32.7 Å². The Hall–Kier alpha value is -2.35. The van der Waals surface area contributed by atoms with Crippen LogP contribution >= 0.6 is 0 Å². The molecule has 0 atom stereocenters. The third-order valence-corrected chi connectivity index (χ3v) is 4.02.